The second-order valence-corrected chi connectivity index (χ2v) is 5.87. The molecule has 0 saturated heterocycles. The lowest BCUT2D eigenvalue weighted by molar-refractivity contribution is 0.269. The van der Waals surface area contributed by atoms with Crippen molar-refractivity contribution in [3.05, 3.63) is 70.7 Å². The Labute approximate surface area is 146 Å². The Bertz CT molecular complexity index is 629. The van der Waals surface area contributed by atoms with Gasteiger partial charge < -0.3 is 14.8 Å². The van der Waals surface area contributed by atoms with Gasteiger partial charge in [0.1, 0.15) is 6.61 Å². The summed E-state index contributed by atoms with van der Waals surface area (Å²) in [5.74, 6) is 1.51. The van der Waals surface area contributed by atoms with Crippen molar-refractivity contribution < 1.29 is 9.47 Å². The molecule has 0 aliphatic heterocycles. The Morgan fingerprint density at radius 3 is 2.57 bits per heavy atom. The first-order chi connectivity index (χ1) is 11.2. The van der Waals surface area contributed by atoms with Crippen molar-refractivity contribution in [2.24, 2.45) is 0 Å². The molecule has 0 atom stereocenters. The van der Waals surface area contributed by atoms with E-state index in [9.17, 15) is 0 Å². The third-order valence-electron chi connectivity index (χ3n) is 3.25. The molecular formula is C19H22BrNO2. The van der Waals surface area contributed by atoms with Crippen molar-refractivity contribution in [3.63, 3.8) is 0 Å². The monoisotopic (exact) mass is 375 g/mol. The molecule has 0 bridgehead atoms. The van der Waals surface area contributed by atoms with Crippen LogP contribution in [0.3, 0.4) is 0 Å². The molecule has 2 aromatic rings. The van der Waals surface area contributed by atoms with Crippen LogP contribution in [-0.2, 0) is 13.2 Å². The van der Waals surface area contributed by atoms with Crippen molar-refractivity contribution in [2.45, 2.75) is 20.1 Å². The standard InChI is InChI=1S/C19H22BrNO2/c1-3-10-21-13-16-11-18(22-4-2)19(12-17(16)20)23-14-15-8-6-5-7-9-15/h3,5-9,11-12,21H,1,4,10,13-14H2,2H3. The fourth-order valence-corrected chi connectivity index (χ4v) is 2.60. The molecule has 4 heteroatoms. The molecule has 2 aromatic carbocycles. The summed E-state index contributed by atoms with van der Waals surface area (Å²) in [6, 6.07) is 14.1. The normalized spacial score (nSPS) is 10.3. The van der Waals surface area contributed by atoms with Gasteiger partial charge in [0.15, 0.2) is 11.5 Å². The second kappa shape index (κ2) is 9.38. The fourth-order valence-electron chi connectivity index (χ4n) is 2.14. The van der Waals surface area contributed by atoms with Crippen LogP contribution in [0, 0.1) is 0 Å². The topological polar surface area (TPSA) is 30.5 Å². The van der Waals surface area contributed by atoms with Crippen LogP contribution in [0.5, 0.6) is 11.5 Å². The molecule has 0 amide bonds. The van der Waals surface area contributed by atoms with E-state index in [1.165, 1.54) is 0 Å². The van der Waals surface area contributed by atoms with Gasteiger partial charge in [0, 0.05) is 17.6 Å². The van der Waals surface area contributed by atoms with Crippen molar-refractivity contribution in [2.75, 3.05) is 13.2 Å². The third-order valence-corrected chi connectivity index (χ3v) is 3.99. The molecule has 0 saturated carbocycles. The zero-order valence-electron chi connectivity index (χ0n) is 13.3. The first kappa shape index (κ1) is 17.6. The predicted molar refractivity (Wildman–Crippen MR) is 98.0 cm³/mol. The predicted octanol–water partition coefficient (Wildman–Crippen LogP) is 4.70. The highest BCUT2D eigenvalue weighted by atomic mass is 79.9. The van der Waals surface area contributed by atoms with Crippen molar-refractivity contribution >= 4 is 15.9 Å². The Hall–Kier alpha value is -1.78. The SMILES string of the molecule is C=CCNCc1cc(OCC)c(OCc2ccccc2)cc1Br. The highest BCUT2D eigenvalue weighted by Gasteiger charge is 2.11. The van der Waals surface area contributed by atoms with Gasteiger partial charge in [-0.25, -0.2) is 0 Å². The fraction of sp³-hybridized carbons (Fsp3) is 0.263. The zero-order valence-corrected chi connectivity index (χ0v) is 14.9. The maximum atomic E-state index is 5.95. The van der Waals surface area contributed by atoms with E-state index in [0.717, 1.165) is 40.2 Å². The molecule has 0 aliphatic rings. The molecule has 122 valence electrons. The van der Waals surface area contributed by atoms with E-state index in [1.807, 2.05) is 55.5 Å². The van der Waals surface area contributed by atoms with Crippen LogP contribution in [-0.4, -0.2) is 13.2 Å². The van der Waals surface area contributed by atoms with Gasteiger partial charge in [0.05, 0.1) is 6.61 Å². The minimum atomic E-state index is 0.515. The molecule has 0 aliphatic carbocycles. The van der Waals surface area contributed by atoms with E-state index in [0.29, 0.717) is 13.2 Å². The minimum Gasteiger partial charge on any atom is -0.490 e. The number of hydrogen-bond donors (Lipinski definition) is 1. The smallest absolute Gasteiger partial charge is 0.162 e. The summed E-state index contributed by atoms with van der Waals surface area (Å²) in [4.78, 5) is 0. The Morgan fingerprint density at radius 2 is 1.87 bits per heavy atom. The number of nitrogens with one attached hydrogen (secondary N) is 1. The van der Waals surface area contributed by atoms with E-state index in [-0.39, 0.29) is 0 Å². The molecule has 0 heterocycles. The number of ether oxygens (including phenoxy) is 2. The summed E-state index contributed by atoms with van der Waals surface area (Å²) in [7, 11) is 0. The van der Waals surface area contributed by atoms with Crippen molar-refractivity contribution in [1.82, 2.24) is 5.32 Å². The number of rotatable bonds is 9. The highest BCUT2D eigenvalue weighted by molar-refractivity contribution is 9.10. The maximum Gasteiger partial charge on any atom is 0.162 e. The first-order valence-electron chi connectivity index (χ1n) is 7.68. The van der Waals surface area contributed by atoms with Gasteiger partial charge in [-0.05, 0) is 30.2 Å². The van der Waals surface area contributed by atoms with Gasteiger partial charge >= 0.3 is 0 Å². The van der Waals surface area contributed by atoms with Crippen LogP contribution >= 0.6 is 15.9 Å². The van der Waals surface area contributed by atoms with Crippen molar-refractivity contribution in [3.8, 4) is 11.5 Å². The summed E-state index contributed by atoms with van der Waals surface area (Å²) in [5.41, 5.74) is 2.25. The van der Waals surface area contributed by atoms with Crippen molar-refractivity contribution in [1.29, 1.82) is 0 Å². The van der Waals surface area contributed by atoms with Gasteiger partial charge in [-0.1, -0.05) is 52.3 Å². The lowest BCUT2D eigenvalue weighted by Crippen LogP contribution is -2.13. The zero-order chi connectivity index (χ0) is 16.5. The van der Waals surface area contributed by atoms with Gasteiger partial charge in [0.2, 0.25) is 0 Å². The second-order valence-electron chi connectivity index (χ2n) is 5.02. The third kappa shape index (κ3) is 5.41. The number of hydrogen-bond acceptors (Lipinski definition) is 3. The molecule has 1 N–H and O–H groups in total. The van der Waals surface area contributed by atoms with E-state index in [4.69, 9.17) is 9.47 Å². The van der Waals surface area contributed by atoms with E-state index < -0.39 is 0 Å². The molecule has 3 nitrogen and oxygen atoms in total. The highest BCUT2D eigenvalue weighted by Crippen LogP contribution is 2.34. The number of benzene rings is 2. The summed E-state index contributed by atoms with van der Waals surface area (Å²) in [5, 5.41) is 3.29. The Morgan fingerprint density at radius 1 is 1.13 bits per heavy atom. The Balaban J connectivity index is 2.13. The van der Waals surface area contributed by atoms with Gasteiger partial charge in [-0.2, -0.15) is 0 Å². The van der Waals surface area contributed by atoms with E-state index >= 15 is 0 Å². The molecular weight excluding hydrogens is 354 g/mol. The van der Waals surface area contributed by atoms with Gasteiger partial charge in [0.25, 0.3) is 0 Å². The average Bonchev–Trinajstić information content (AvgIpc) is 2.57. The molecule has 0 spiro atoms. The first-order valence-corrected chi connectivity index (χ1v) is 8.47. The van der Waals surface area contributed by atoms with Crippen LogP contribution in [0.2, 0.25) is 0 Å². The van der Waals surface area contributed by atoms with E-state index in [2.05, 4.69) is 27.8 Å². The summed E-state index contributed by atoms with van der Waals surface area (Å²) in [6.07, 6.45) is 1.84. The summed E-state index contributed by atoms with van der Waals surface area (Å²) in [6.45, 7) is 8.30. The molecule has 0 radical (unpaired) electrons. The summed E-state index contributed by atoms with van der Waals surface area (Å²) < 4.78 is 12.7. The van der Waals surface area contributed by atoms with Crippen LogP contribution in [0.1, 0.15) is 18.1 Å². The van der Waals surface area contributed by atoms with Crippen LogP contribution in [0.25, 0.3) is 0 Å². The lowest BCUT2D eigenvalue weighted by atomic mass is 10.2. The van der Waals surface area contributed by atoms with Gasteiger partial charge in [-0.15, -0.1) is 6.58 Å². The average molecular weight is 376 g/mol. The summed E-state index contributed by atoms with van der Waals surface area (Å²) >= 11 is 3.61. The lowest BCUT2D eigenvalue weighted by Gasteiger charge is -2.15. The van der Waals surface area contributed by atoms with Gasteiger partial charge in [-0.3, -0.25) is 0 Å². The largest absolute Gasteiger partial charge is 0.490 e. The van der Waals surface area contributed by atoms with E-state index in [1.54, 1.807) is 0 Å². The molecule has 23 heavy (non-hydrogen) atoms. The van der Waals surface area contributed by atoms with Crippen LogP contribution < -0.4 is 14.8 Å². The Kier molecular flexibility index (Phi) is 7.17. The maximum absolute atomic E-state index is 5.95. The molecule has 2 rings (SSSR count). The quantitative estimate of drug-likeness (QED) is 0.508. The molecule has 0 aromatic heterocycles. The van der Waals surface area contributed by atoms with Crippen LogP contribution in [0.15, 0.2) is 59.6 Å². The molecule has 0 unspecified atom stereocenters. The van der Waals surface area contributed by atoms with Crippen LogP contribution in [0.4, 0.5) is 0 Å². The molecule has 0 fully saturated rings. The minimum absolute atomic E-state index is 0.515. The number of halogens is 1.